The summed E-state index contributed by atoms with van der Waals surface area (Å²) < 4.78 is 1.90. The minimum atomic E-state index is -0.192. The summed E-state index contributed by atoms with van der Waals surface area (Å²) in [6.45, 7) is 2.08. The van der Waals surface area contributed by atoms with Crippen LogP contribution < -0.4 is 5.32 Å². The predicted octanol–water partition coefficient (Wildman–Crippen LogP) is 6.66. The third-order valence-corrected chi connectivity index (χ3v) is 6.07. The first kappa shape index (κ1) is 20.8. The van der Waals surface area contributed by atoms with Crippen LogP contribution in [0.3, 0.4) is 0 Å². The maximum Gasteiger partial charge on any atom is 0.248 e. The van der Waals surface area contributed by atoms with Gasteiger partial charge in [0.15, 0.2) is 5.65 Å². The number of carbonyl (C=O) groups is 1. The molecule has 0 spiro atoms. The highest BCUT2D eigenvalue weighted by Gasteiger charge is 2.15. The van der Waals surface area contributed by atoms with Gasteiger partial charge < -0.3 is 5.32 Å². The number of amides is 1. The molecule has 5 heteroatoms. The van der Waals surface area contributed by atoms with Crippen molar-refractivity contribution in [3.05, 3.63) is 114 Å². The molecule has 0 fully saturated rings. The number of hydrogen-bond donors (Lipinski definition) is 1. The van der Waals surface area contributed by atoms with Gasteiger partial charge in [0.2, 0.25) is 5.91 Å². The molecule has 0 saturated heterocycles. The van der Waals surface area contributed by atoms with Gasteiger partial charge in [0.1, 0.15) is 0 Å². The lowest BCUT2D eigenvalue weighted by Crippen LogP contribution is -2.07. The number of aryl methyl sites for hydroxylation is 1. The van der Waals surface area contributed by atoms with Gasteiger partial charge in [-0.15, -0.1) is 0 Å². The number of imidazole rings is 1. The molecule has 0 aliphatic carbocycles. The molecule has 2 aromatic heterocycles. The van der Waals surface area contributed by atoms with Gasteiger partial charge in [-0.3, -0.25) is 4.79 Å². The quantitative estimate of drug-likeness (QED) is 0.303. The molecule has 1 amide bonds. The van der Waals surface area contributed by atoms with Gasteiger partial charge in [-0.25, -0.2) is 9.50 Å². The third kappa shape index (κ3) is 3.93. The zero-order valence-electron chi connectivity index (χ0n) is 19.1. The van der Waals surface area contributed by atoms with Crippen LogP contribution in [0.5, 0.6) is 0 Å². The molecule has 6 rings (SSSR count). The molecule has 168 valence electrons. The summed E-state index contributed by atoms with van der Waals surface area (Å²) in [5.74, 6) is -0.192. The van der Waals surface area contributed by atoms with E-state index in [1.165, 1.54) is 11.6 Å². The summed E-state index contributed by atoms with van der Waals surface area (Å²) in [6.07, 6.45) is 3.33. The van der Waals surface area contributed by atoms with Crippen molar-refractivity contribution in [2.24, 2.45) is 0 Å². The maximum absolute atomic E-state index is 12.5. The second-order valence-corrected chi connectivity index (χ2v) is 8.54. The summed E-state index contributed by atoms with van der Waals surface area (Å²) in [4.78, 5) is 17.3. The number of nitrogens with zero attached hydrogens (tertiary/aromatic N) is 3. The van der Waals surface area contributed by atoms with E-state index in [0.29, 0.717) is 5.69 Å². The molecule has 6 aromatic rings. The molecule has 0 atom stereocenters. The van der Waals surface area contributed by atoms with Crippen LogP contribution in [0.2, 0.25) is 0 Å². The number of carbonyl (C=O) groups excluding carboxylic acids is 1. The van der Waals surface area contributed by atoms with Gasteiger partial charge in [-0.2, -0.15) is 5.10 Å². The fourth-order valence-electron chi connectivity index (χ4n) is 4.30. The van der Waals surface area contributed by atoms with Crippen LogP contribution in [0.4, 0.5) is 5.69 Å². The van der Waals surface area contributed by atoms with E-state index in [1.807, 2.05) is 65.2 Å². The number of aromatic nitrogens is 3. The largest absolute Gasteiger partial charge is 0.322 e. The van der Waals surface area contributed by atoms with Gasteiger partial charge in [0.25, 0.3) is 0 Å². The van der Waals surface area contributed by atoms with E-state index in [2.05, 4.69) is 48.6 Å². The van der Waals surface area contributed by atoms with E-state index in [0.717, 1.165) is 44.3 Å². The first-order valence-corrected chi connectivity index (χ1v) is 11.5. The van der Waals surface area contributed by atoms with E-state index in [4.69, 9.17) is 10.1 Å². The SMILES string of the molecule is Cc1ccc(-c2nn3c4ccc(NC(=O)C=Cc5ccccc5)cc4nc3c3ccccc23)cc1. The molecule has 1 N–H and O–H groups in total. The molecular weight excluding hydrogens is 432 g/mol. The molecule has 0 aliphatic rings. The van der Waals surface area contributed by atoms with Crippen LogP contribution >= 0.6 is 0 Å². The molecule has 0 saturated carbocycles. The van der Waals surface area contributed by atoms with Gasteiger partial charge in [0, 0.05) is 28.1 Å². The van der Waals surface area contributed by atoms with Crippen molar-refractivity contribution in [3.63, 3.8) is 0 Å². The van der Waals surface area contributed by atoms with Gasteiger partial charge in [0.05, 0.1) is 16.7 Å². The molecule has 0 unspecified atom stereocenters. The average Bonchev–Trinajstić information content (AvgIpc) is 3.26. The topological polar surface area (TPSA) is 59.3 Å². The van der Waals surface area contributed by atoms with Crippen molar-refractivity contribution in [1.29, 1.82) is 0 Å². The van der Waals surface area contributed by atoms with E-state index in [-0.39, 0.29) is 5.91 Å². The van der Waals surface area contributed by atoms with Crippen LogP contribution in [-0.4, -0.2) is 20.5 Å². The van der Waals surface area contributed by atoms with Crippen molar-refractivity contribution in [1.82, 2.24) is 14.6 Å². The first-order valence-electron chi connectivity index (χ1n) is 11.5. The lowest BCUT2D eigenvalue weighted by atomic mass is 10.0. The Hall–Kier alpha value is -4.77. The summed E-state index contributed by atoms with van der Waals surface area (Å²) in [5.41, 5.74) is 7.29. The van der Waals surface area contributed by atoms with Crippen LogP contribution in [0, 0.1) is 6.92 Å². The minimum absolute atomic E-state index is 0.192. The molecular formula is C30H22N4O. The second-order valence-electron chi connectivity index (χ2n) is 8.54. The van der Waals surface area contributed by atoms with Gasteiger partial charge in [-0.05, 0) is 36.8 Å². The van der Waals surface area contributed by atoms with Gasteiger partial charge in [-0.1, -0.05) is 84.4 Å². The molecule has 0 radical (unpaired) electrons. The molecule has 35 heavy (non-hydrogen) atoms. The zero-order valence-corrected chi connectivity index (χ0v) is 19.1. The van der Waals surface area contributed by atoms with Crippen molar-refractivity contribution in [2.45, 2.75) is 6.92 Å². The standard InChI is InChI=1S/C30H22N4O/c1-20-11-14-22(15-12-20)29-24-9-5-6-10-25(24)30-32-26-19-23(16-17-27(26)34(30)33-29)31-28(35)18-13-21-7-3-2-4-8-21/h2-19H,1H3,(H,31,35). The molecule has 0 aliphatic heterocycles. The zero-order chi connectivity index (χ0) is 23.8. The summed E-state index contributed by atoms with van der Waals surface area (Å²) in [7, 11) is 0. The highest BCUT2D eigenvalue weighted by molar-refractivity contribution is 6.05. The highest BCUT2D eigenvalue weighted by Crippen LogP contribution is 2.31. The first-order chi connectivity index (χ1) is 17.2. The summed E-state index contributed by atoms with van der Waals surface area (Å²) >= 11 is 0. The minimum Gasteiger partial charge on any atom is -0.322 e. The smallest absolute Gasteiger partial charge is 0.248 e. The lowest BCUT2D eigenvalue weighted by Gasteiger charge is -2.08. The van der Waals surface area contributed by atoms with Crippen LogP contribution in [0.15, 0.2) is 103 Å². The Morgan fingerprint density at radius 1 is 0.857 bits per heavy atom. The number of anilines is 1. The Morgan fingerprint density at radius 3 is 2.40 bits per heavy atom. The molecule has 0 bridgehead atoms. The second kappa shape index (κ2) is 8.54. The number of rotatable bonds is 4. The normalized spacial score (nSPS) is 11.6. The van der Waals surface area contributed by atoms with Crippen LogP contribution in [0.25, 0.3) is 44.8 Å². The third-order valence-electron chi connectivity index (χ3n) is 6.07. The Bertz CT molecular complexity index is 1730. The van der Waals surface area contributed by atoms with Gasteiger partial charge >= 0.3 is 0 Å². The van der Waals surface area contributed by atoms with E-state index >= 15 is 0 Å². The molecule has 4 aromatic carbocycles. The monoisotopic (exact) mass is 454 g/mol. The Balaban J connectivity index is 1.41. The lowest BCUT2D eigenvalue weighted by molar-refractivity contribution is -0.111. The average molecular weight is 455 g/mol. The number of fused-ring (bicyclic) bond motifs is 5. The van der Waals surface area contributed by atoms with E-state index in [1.54, 1.807) is 6.08 Å². The maximum atomic E-state index is 12.5. The van der Waals surface area contributed by atoms with E-state index in [9.17, 15) is 4.79 Å². The highest BCUT2D eigenvalue weighted by atomic mass is 16.1. The number of benzene rings is 4. The van der Waals surface area contributed by atoms with Crippen LogP contribution in [0.1, 0.15) is 11.1 Å². The fourth-order valence-corrected chi connectivity index (χ4v) is 4.30. The summed E-state index contributed by atoms with van der Waals surface area (Å²) in [6, 6.07) is 32.1. The van der Waals surface area contributed by atoms with Crippen molar-refractivity contribution in [3.8, 4) is 11.3 Å². The predicted molar refractivity (Wildman–Crippen MR) is 142 cm³/mol. The van der Waals surface area contributed by atoms with E-state index < -0.39 is 0 Å². The number of hydrogen-bond acceptors (Lipinski definition) is 3. The molecule has 5 nitrogen and oxygen atoms in total. The Labute approximate surface area is 202 Å². The Morgan fingerprint density at radius 2 is 1.60 bits per heavy atom. The molecule has 2 heterocycles. The van der Waals surface area contributed by atoms with Crippen molar-refractivity contribution >= 4 is 45.1 Å². The van der Waals surface area contributed by atoms with Crippen molar-refractivity contribution < 1.29 is 4.79 Å². The Kier molecular flexibility index (Phi) is 5.08. The fraction of sp³-hybridized carbons (Fsp3) is 0.0333. The van der Waals surface area contributed by atoms with Crippen LogP contribution in [-0.2, 0) is 4.79 Å². The van der Waals surface area contributed by atoms with Crippen molar-refractivity contribution in [2.75, 3.05) is 5.32 Å². The number of nitrogens with one attached hydrogen (secondary N) is 1. The summed E-state index contributed by atoms with van der Waals surface area (Å²) in [5, 5.41) is 10.0.